The van der Waals surface area contributed by atoms with Crippen LogP contribution in [0.1, 0.15) is 48.2 Å². The third-order valence-electron chi connectivity index (χ3n) is 4.88. The Bertz CT molecular complexity index is 437. The zero-order valence-electron chi connectivity index (χ0n) is 12.3. The van der Waals surface area contributed by atoms with Gasteiger partial charge in [-0.05, 0) is 46.2 Å². The first-order valence-corrected chi connectivity index (χ1v) is 8.42. The second-order valence-corrected chi connectivity index (χ2v) is 7.16. The summed E-state index contributed by atoms with van der Waals surface area (Å²) in [6.45, 7) is 10.1. The van der Waals surface area contributed by atoms with E-state index in [9.17, 15) is 0 Å². The molecule has 0 spiro atoms. The summed E-state index contributed by atoms with van der Waals surface area (Å²) in [5.41, 5.74) is 1.34. The lowest BCUT2D eigenvalue weighted by molar-refractivity contribution is 0.137. The highest BCUT2D eigenvalue weighted by Gasteiger charge is 2.50. The third-order valence-corrected chi connectivity index (χ3v) is 6.13. The molecule has 3 rings (SSSR count). The average Bonchev–Trinajstić information content (AvgIpc) is 2.94. The first kappa shape index (κ1) is 13.5. The largest absolute Gasteiger partial charge is 0.304 e. The highest BCUT2D eigenvalue weighted by molar-refractivity contribution is 7.11. The second kappa shape index (κ2) is 5.15. The second-order valence-electron chi connectivity index (χ2n) is 5.96. The molecule has 0 radical (unpaired) electrons. The number of aromatic nitrogens is 1. The standard InChI is InChI=1S/C15H25N3S/c1-4-16-15(14-17-11(2)12(3)19-14)8-10-18-9-6-5-7-13(15)18/h13,16H,4-10H2,1-3H3. The van der Waals surface area contributed by atoms with Gasteiger partial charge in [0, 0.05) is 17.5 Å². The van der Waals surface area contributed by atoms with Crippen LogP contribution in [0, 0.1) is 13.8 Å². The third kappa shape index (κ3) is 2.14. The fraction of sp³-hybridized carbons (Fsp3) is 0.800. The van der Waals surface area contributed by atoms with Gasteiger partial charge in [-0.25, -0.2) is 4.98 Å². The molecule has 3 heterocycles. The van der Waals surface area contributed by atoms with Crippen LogP contribution >= 0.6 is 11.3 Å². The maximum Gasteiger partial charge on any atom is 0.115 e. The van der Waals surface area contributed by atoms with Gasteiger partial charge in [-0.2, -0.15) is 0 Å². The van der Waals surface area contributed by atoms with E-state index in [2.05, 4.69) is 31.0 Å². The van der Waals surface area contributed by atoms with Crippen LogP contribution in [0.4, 0.5) is 0 Å². The van der Waals surface area contributed by atoms with Gasteiger partial charge >= 0.3 is 0 Å². The van der Waals surface area contributed by atoms with Crippen molar-refractivity contribution in [2.45, 2.75) is 58.0 Å². The Kier molecular flexibility index (Phi) is 3.67. The lowest BCUT2D eigenvalue weighted by atomic mass is 9.85. The highest BCUT2D eigenvalue weighted by atomic mass is 32.1. The van der Waals surface area contributed by atoms with Crippen molar-refractivity contribution in [3.8, 4) is 0 Å². The molecule has 2 atom stereocenters. The Hall–Kier alpha value is -0.450. The fourth-order valence-electron chi connectivity index (χ4n) is 3.81. The number of likely N-dealkylation sites (N-methyl/N-ethyl adjacent to an activating group) is 1. The SMILES string of the molecule is CCNC1(c2nc(C)c(C)s2)CCN2CCCCC21. The van der Waals surface area contributed by atoms with Crippen LogP contribution < -0.4 is 5.32 Å². The van der Waals surface area contributed by atoms with Gasteiger partial charge in [-0.1, -0.05) is 13.3 Å². The number of nitrogens with one attached hydrogen (secondary N) is 1. The van der Waals surface area contributed by atoms with Gasteiger partial charge in [0.25, 0.3) is 0 Å². The summed E-state index contributed by atoms with van der Waals surface area (Å²) >= 11 is 1.91. The minimum absolute atomic E-state index is 0.124. The summed E-state index contributed by atoms with van der Waals surface area (Å²) in [4.78, 5) is 8.97. The number of thiazole rings is 1. The molecule has 3 nitrogen and oxygen atoms in total. The molecule has 2 saturated heterocycles. The Balaban J connectivity index is 1.99. The normalized spacial score (nSPS) is 31.6. The molecule has 2 fully saturated rings. The van der Waals surface area contributed by atoms with Gasteiger partial charge in [0.1, 0.15) is 5.01 Å². The number of rotatable bonds is 3. The molecule has 0 aromatic carbocycles. The van der Waals surface area contributed by atoms with Gasteiger partial charge in [0.2, 0.25) is 0 Å². The highest BCUT2D eigenvalue weighted by Crippen LogP contribution is 2.43. The van der Waals surface area contributed by atoms with Crippen LogP contribution in [-0.2, 0) is 5.54 Å². The van der Waals surface area contributed by atoms with Crippen LogP contribution in [-0.4, -0.2) is 35.6 Å². The maximum atomic E-state index is 4.90. The molecule has 4 heteroatoms. The molecule has 0 aliphatic carbocycles. The van der Waals surface area contributed by atoms with Gasteiger partial charge < -0.3 is 5.32 Å². The molecule has 1 N–H and O–H groups in total. The summed E-state index contributed by atoms with van der Waals surface area (Å²) < 4.78 is 0. The first-order chi connectivity index (χ1) is 9.17. The van der Waals surface area contributed by atoms with E-state index in [1.54, 1.807) is 0 Å². The van der Waals surface area contributed by atoms with Crippen LogP contribution in [0.25, 0.3) is 0 Å². The van der Waals surface area contributed by atoms with Crippen molar-refractivity contribution in [1.82, 2.24) is 15.2 Å². The van der Waals surface area contributed by atoms with Gasteiger partial charge in [0.05, 0.1) is 11.2 Å². The average molecular weight is 279 g/mol. The lowest BCUT2D eigenvalue weighted by Gasteiger charge is -2.40. The van der Waals surface area contributed by atoms with Crippen molar-refractivity contribution in [1.29, 1.82) is 0 Å². The van der Waals surface area contributed by atoms with Crippen LogP contribution in [0.3, 0.4) is 0 Å². The van der Waals surface area contributed by atoms with E-state index in [4.69, 9.17) is 4.98 Å². The lowest BCUT2D eigenvalue weighted by Crippen LogP contribution is -2.53. The molecule has 2 aliphatic heterocycles. The van der Waals surface area contributed by atoms with Crippen molar-refractivity contribution in [3.63, 3.8) is 0 Å². The molecule has 0 amide bonds. The summed E-state index contributed by atoms with van der Waals surface area (Å²) in [5, 5.41) is 5.15. The zero-order valence-corrected chi connectivity index (χ0v) is 13.1. The Labute approximate surface area is 120 Å². The van der Waals surface area contributed by atoms with Crippen LogP contribution in [0.2, 0.25) is 0 Å². The molecule has 1 aromatic heterocycles. The molecular formula is C15H25N3S. The first-order valence-electron chi connectivity index (χ1n) is 7.61. The summed E-state index contributed by atoms with van der Waals surface area (Å²) in [6, 6.07) is 0.658. The summed E-state index contributed by atoms with van der Waals surface area (Å²) in [7, 11) is 0. The minimum atomic E-state index is 0.124. The topological polar surface area (TPSA) is 28.2 Å². The summed E-state index contributed by atoms with van der Waals surface area (Å²) in [6.07, 6.45) is 5.29. The van der Waals surface area contributed by atoms with Crippen LogP contribution in [0.15, 0.2) is 0 Å². The fourth-order valence-corrected chi connectivity index (χ4v) is 4.97. The van der Waals surface area contributed by atoms with Crippen LogP contribution in [0.5, 0.6) is 0 Å². The van der Waals surface area contributed by atoms with Crippen molar-refractivity contribution < 1.29 is 0 Å². The molecule has 2 unspecified atom stereocenters. The molecular weight excluding hydrogens is 254 g/mol. The molecule has 1 aromatic rings. The predicted octanol–water partition coefficient (Wildman–Crippen LogP) is 2.82. The Morgan fingerprint density at radius 2 is 2.21 bits per heavy atom. The molecule has 0 saturated carbocycles. The van der Waals surface area contributed by atoms with Crippen molar-refractivity contribution in [2.24, 2.45) is 0 Å². The molecule has 19 heavy (non-hydrogen) atoms. The molecule has 0 bridgehead atoms. The Morgan fingerprint density at radius 1 is 1.37 bits per heavy atom. The van der Waals surface area contributed by atoms with E-state index in [0.29, 0.717) is 6.04 Å². The van der Waals surface area contributed by atoms with E-state index in [1.807, 2.05) is 11.3 Å². The minimum Gasteiger partial charge on any atom is -0.304 e. The molecule has 106 valence electrons. The van der Waals surface area contributed by atoms with Gasteiger partial charge in [-0.15, -0.1) is 11.3 Å². The number of hydrogen-bond acceptors (Lipinski definition) is 4. The number of nitrogens with zero attached hydrogens (tertiary/aromatic N) is 2. The number of aryl methyl sites for hydroxylation is 2. The van der Waals surface area contributed by atoms with E-state index in [1.165, 1.54) is 54.4 Å². The number of fused-ring (bicyclic) bond motifs is 1. The Morgan fingerprint density at radius 3 is 2.89 bits per heavy atom. The van der Waals surface area contributed by atoms with Crippen molar-refractivity contribution in [3.05, 3.63) is 15.6 Å². The van der Waals surface area contributed by atoms with E-state index in [-0.39, 0.29) is 5.54 Å². The van der Waals surface area contributed by atoms with Gasteiger partial charge in [-0.3, -0.25) is 4.90 Å². The number of hydrogen-bond donors (Lipinski definition) is 1. The quantitative estimate of drug-likeness (QED) is 0.922. The monoisotopic (exact) mass is 279 g/mol. The summed E-state index contributed by atoms with van der Waals surface area (Å²) in [5.74, 6) is 0. The predicted molar refractivity (Wildman–Crippen MR) is 80.8 cm³/mol. The number of piperidine rings is 1. The van der Waals surface area contributed by atoms with Crippen molar-refractivity contribution >= 4 is 11.3 Å². The van der Waals surface area contributed by atoms with E-state index < -0.39 is 0 Å². The van der Waals surface area contributed by atoms with E-state index in [0.717, 1.165) is 6.54 Å². The maximum absolute atomic E-state index is 4.90. The smallest absolute Gasteiger partial charge is 0.115 e. The van der Waals surface area contributed by atoms with Gasteiger partial charge in [0.15, 0.2) is 0 Å². The zero-order chi connectivity index (χ0) is 13.5. The molecule has 2 aliphatic rings. The van der Waals surface area contributed by atoms with Crippen molar-refractivity contribution in [2.75, 3.05) is 19.6 Å². The van der Waals surface area contributed by atoms with E-state index >= 15 is 0 Å².